The van der Waals surface area contributed by atoms with Crippen LogP contribution in [0.25, 0.3) is 0 Å². The molecule has 2 rings (SSSR count). The minimum Gasteiger partial charge on any atom is -0.480 e. The van der Waals surface area contributed by atoms with Crippen molar-refractivity contribution in [3.05, 3.63) is 0 Å². The van der Waals surface area contributed by atoms with Gasteiger partial charge in [0.05, 0.1) is 12.6 Å². The second kappa shape index (κ2) is 12.0. The molecule has 32 heavy (non-hydrogen) atoms. The van der Waals surface area contributed by atoms with Gasteiger partial charge >= 0.3 is 5.97 Å². The first kappa shape index (κ1) is 25.0. The number of nitrogens with one attached hydrogen (secondary N) is 4. The lowest BCUT2D eigenvalue weighted by Crippen LogP contribution is -2.55. The molecule has 13 heteroatoms. The van der Waals surface area contributed by atoms with E-state index in [1.165, 1.54) is 4.90 Å². The van der Waals surface area contributed by atoms with Crippen LogP contribution in [0.4, 0.5) is 0 Å². The zero-order chi connectivity index (χ0) is 23.7. The van der Waals surface area contributed by atoms with Gasteiger partial charge in [-0.25, -0.2) is 0 Å². The first-order valence-electron chi connectivity index (χ1n) is 10.6. The number of hydrogen-bond donors (Lipinski definition) is 6. The summed E-state index contributed by atoms with van der Waals surface area (Å²) in [6.07, 6.45) is 2.22. The Hall–Kier alpha value is -3.22. The van der Waals surface area contributed by atoms with Gasteiger partial charge in [-0.3, -0.25) is 28.8 Å². The van der Waals surface area contributed by atoms with Crippen molar-refractivity contribution >= 4 is 35.5 Å². The molecule has 0 radical (unpaired) electrons. The van der Waals surface area contributed by atoms with Gasteiger partial charge < -0.3 is 37.0 Å². The molecule has 7 N–H and O–H groups in total. The van der Waals surface area contributed by atoms with Crippen molar-refractivity contribution in [3.8, 4) is 0 Å². The molecule has 2 heterocycles. The largest absolute Gasteiger partial charge is 0.480 e. The molecule has 3 atom stereocenters. The minimum atomic E-state index is -1.26. The predicted molar refractivity (Wildman–Crippen MR) is 110 cm³/mol. The number of carboxylic acid groups (broad SMARTS) is 1. The summed E-state index contributed by atoms with van der Waals surface area (Å²) in [5.74, 6) is -3.99. The van der Waals surface area contributed by atoms with E-state index < -0.39 is 48.2 Å². The minimum absolute atomic E-state index is 0.113. The molecular weight excluding hydrogens is 424 g/mol. The maximum absolute atomic E-state index is 12.8. The first-order valence-corrected chi connectivity index (χ1v) is 10.6. The van der Waals surface area contributed by atoms with Crippen LogP contribution in [0.2, 0.25) is 0 Å². The standard InChI is InChI=1S/C19H30N6O7/c20-14(26)6-5-12(18(31)23-10-16(28)29)24-19(32)13-4-2-8-25(13)15(27)9-22-17(30)11-3-1-7-21-11/h11-13,21H,1-10H2,(H2,20,26)(H,22,30)(H,23,31)(H,24,32)(H,28,29)/t11-,12-,13-/m0/s1. The Bertz CT molecular complexity index is 752. The van der Waals surface area contributed by atoms with Crippen LogP contribution in [0.3, 0.4) is 0 Å². The average Bonchev–Trinajstić information content (AvgIpc) is 3.44. The molecule has 0 saturated carbocycles. The van der Waals surface area contributed by atoms with E-state index in [9.17, 15) is 28.8 Å². The summed E-state index contributed by atoms with van der Waals surface area (Å²) in [7, 11) is 0. The second-order valence-corrected chi connectivity index (χ2v) is 7.79. The molecule has 2 aliphatic rings. The molecule has 2 aliphatic heterocycles. The smallest absolute Gasteiger partial charge is 0.322 e. The molecule has 0 spiro atoms. The Morgan fingerprint density at radius 1 is 1.03 bits per heavy atom. The highest BCUT2D eigenvalue weighted by molar-refractivity contribution is 5.94. The number of likely N-dealkylation sites (tertiary alicyclic amines) is 1. The van der Waals surface area contributed by atoms with Crippen molar-refractivity contribution in [2.45, 2.75) is 56.7 Å². The zero-order valence-corrected chi connectivity index (χ0v) is 17.7. The van der Waals surface area contributed by atoms with E-state index in [2.05, 4.69) is 21.3 Å². The van der Waals surface area contributed by atoms with E-state index in [0.29, 0.717) is 25.8 Å². The summed E-state index contributed by atoms with van der Waals surface area (Å²) >= 11 is 0. The van der Waals surface area contributed by atoms with Crippen molar-refractivity contribution in [1.82, 2.24) is 26.2 Å². The van der Waals surface area contributed by atoms with Gasteiger partial charge in [0.25, 0.3) is 0 Å². The normalized spacial score (nSPS) is 20.9. The fourth-order valence-electron chi connectivity index (χ4n) is 3.74. The fraction of sp³-hybridized carbons (Fsp3) is 0.684. The molecule has 0 aliphatic carbocycles. The van der Waals surface area contributed by atoms with Crippen molar-refractivity contribution in [2.24, 2.45) is 5.73 Å². The van der Waals surface area contributed by atoms with Crippen LogP contribution < -0.4 is 27.0 Å². The quantitative estimate of drug-likeness (QED) is 0.187. The molecule has 178 valence electrons. The second-order valence-electron chi connectivity index (χ2n) is 7.79. The van der Waals surface area contributed by atoms with Gasteiger partial charge in [-0.2, -0.15) is 0 Å². The highest BCUT2D eigenvalue weighted by Crippen LogP contribution is 2.18. The molecule has 2 saturated heterocycles. The summed E-state index contributed by atoms with van der Waals surface area (Å²) in [5, 5.41) is 19.0. The van der Waals surface area contributed by atoms with E-state index in [-0.39, 0.29) is 31.3 Å². The number of primary amides is 1. The number of nitrogens with zero attached hydrogens (tertiary/aromatic N) is 1. The number of carboxylic acids is 1. The van der Waals surface area contributed by atoms with Crippen LogP contribution >= 0.6 is 0 Å². The van der Waals surface area contributed by atoms with Crippen LogP contribution in [-0.4, -0.2) is 89.8 Å². The molecule has 0 aromatic carbocycles. The van der Waals surface area contributed by atoms with E-state index in [4.69, 9.17) is 10.8 Å². The number of aliphatic carboxylic acids is 1. The third kappa shape index (κ3) is 7.48. The van der Waals surface area contributed by atoms with E-state index in [1.807, 2.05) is 0 Å². The van der Waals surface area contributed by atoms with Gasteiger partial charge in [0.2, 0.25) is 29.5 Å². The molecule has 0 unspecified atom stereocenters. The summed E-state index contributed by atoms with van der Waals surface area (Å²) in [6.45, 7) is 0.180. The highest BCUT2D eigenvalue weighted by Gasteiger charge is 2.36. The van der Waals surface area contributed by atoms with Crippen molar-refractivity contribution in [1.29, 1.82) is 0 Å². The number of hydrogen-bond acceptors (Lipinski definition) is 7. The number of carbonyl (C=O) groups excluding carboxylic acids is 5. The zero-order valence-electron chi connectivity index (χ0n) is 17.7. The molecular formula is C19H30N6O7. The molecule has 2 fully saturated rings. The third-order valence-corrected chi connectivity index (χ3v) is 5.39. The number of amides is 5. The average molecular weight is 454 g/mol. The van der Waals surface area contributed by atoms with Crippen molar-refractivity contribution in [3.63, 3.8) is 0 Å². The number of carbonyl (C=O) groups is 6. The summed E-state index contributed by atoms with van der Waals surface area (Å²) in [6, 6.07) is -2.34. The topological polar surface area (TPSA) is 200 Å². The lowest BCUT2D eigenvalue weighted by molar-refractivity contribution is -0.140. The Morgan fingerprint density at radius 3 is 2.41 bits per heavy atom. The van der Waals surface area contributed by atoms with Crippen LogP contribution in [0.15, 0.2) is 0 Å². The van der Waals surface area contributed by atoms with E-state index >= 15 is 0 Å². The predicted octanol–water partition coefficient (Wildman–Crippen LogP) is -3.20. The number of nitrogens with two attached hydrogens (primary N) is 1. The first-order chi connectivity index (χ1) is 15.2. The Morgan fingerprint density at radius 2 is 1.78 bits per heavy atom. The Kier molecular flexibility index (Phi) is 9.38. The summed E-state index contributed by atoms with van der Waals surface area (Å²) < 4.78 is 0. The van der Waals surface area contributed by atoms with Gasteiger partial charge in [-0.15, -0.1) is 0 Å². The van der Waals surface area contributed by atoms with Crippen LogP contribution in [-0.2, 0) is 28.8 Å². The molecule has 5 amide bonds. The van der Waals surface area contributed by atoms with E-state index in [0.717, 1.165) is 13.0 Å². The lowest BCUT2D eigenvalue weighted by Gasteiger charge is -2.26. The van der Waals surface area contributed by atoms with Gasteiger partial charge in [-0.05, 0) is 38.6 Å². The maximum atomic E-state index is 12.8. The van der Waals surface area contributed by atoms with Gasteiger partial charge in [0.15, 0.2) is 0 Å². The maximum Gasteiger partial charge on any atom is 0.322 e. The van der Waals surface area contributed by atoms with Gasteiger partial charge in [0, 0.05) is 13.0 Å². The Balaban J connectivity index is 1.93. The number of rotatable bonds is 11. The fourth-order valence-corrected chi connectivity index (χ4v) is 3.74. The molecule has 0 bridgehead atoms. The monoisotopic (exact) mass is 454 g/mol. The third-order valence-electron chi connectivity index (χ3n) is 5.39. The van der Waals surface area contributed by atoms with Crippen LogP contribution in [0.5, 0.6) is 0 Å². The molecule has 0 aromatic heterocycles. The van der Waals surface area contributed by atoms with Gasteiger partial charge in [-0.1, -0.05) is 0 Å². The molecule has 13 nitrogen and oxygen atoms in total. The summed E-state index contributed by atoms with van der Waals surface area (Å²) in [4.78, 5) is 72.8. The van der Waals surface area contributed by atoms with Crippen molar-refractivity contribution < 1.29 is 33.9 Å². The van der Waals surface area contributed by atoms with Crippen molar-refractivity contribution in [2.75, 3.05) is 26.2 Å². The molecule has 0 aromatic rings. The lowest BCUT2D eigenvalue weighted by atomic mass is 10.1. The SMILES string of the molecule is NC(=O)CC[C@H](NC(=O)[C@@H]1CCCN1C(=O)CNC(=O)[C@@H]1CCCN1)C(=O)NCC(=O)O. The highest BCUT2D eigenvalue weighted by atomic mass is 16.4. The summed E-state index contributed by atoms with van der Waals surface area (Å²) in [5.41, 5.74) is 5.11. The van der Waals surface area contributed by atoms with Gasteiger partial charge in [0.1, 0.15) is 18.6 Å². The Labute approximate surface area is 184 Å². The van der Waals surface area contributed by atoms with Crippen LogP contribution in [0.1, 0.15) is 38.5 Å². The van der Waals surface area contributed by atoms with Crippen LogP contribution in [0, 0.1) is 0 Å². The van der Waals surface area contributed by atoms with E-state index in [1.54, 1.807) is 0 Å².